The number of nitriles is 1. The molecule has 1 N–H and O–H groups in total. The minimum atomic E-state index is -0.227. The molecule has 4 rings (SSSR count). The summed E-state index contributed by atoms with van der Waals surface area (Å²) in [6.07, 6.45) is 1.86. The SMILES string of the molecule is N#Cc1cccnc1N1CCN(C(=O)Cc2csc(NC(=O)c3ccccc3)n2)CC1. The normalized spacial score (nSPS) is 13.5. The summed E-state index contributed by atoms with van der Waals surface area (Å²) in [5.41, 5.74) is 1.73. The van der Waals surface area contributed by atoms with Gasteiger partial charge < -0.3 is 9.80 Å². The Morgan fingerprint density at radius 3 is 2.61 bits per heavy atom. The van der Waals surface area contributed by atoms with Crippen LogP contribution in [0.25, 0.3) is 0 Å². The number of carbonyl (C=O) groups excluding carboxylic acids is 2. The van der Waals surface area contributed by atoms with Gasteiger partial charge in [0.05, 0.1) is 17.7 Å². The van der Waals surface area contributed by atoms with E-state index in [9.17, 15) is 14.9 Å². The van der Waals surface area contributed by atoms with Crippen molar-refractivity contribution in [2.24, 2.45) is 0 Å². The number of piperazine rings is 1. The molecular weight excluding hydrogens is 412 g/mol. The van der Waals surface area contributed by atoms with E-state index in [0.29, 0.717) is 53.9 Å². The van der Waals surface area contributed by atoms with Crippen LogP contribution in [0.5, 0.6) is 0 Å². The van der Waals surface area contributed by atoms with E-state index >= 15 is 0 Å². The van der Waals surface area contributed by atoms with E-state index in [4.69, 9.17) is 0 Å². The van der Waals surface area contributed by atoms with Gasteiger partial charge in [-0.3, -0.25) is 14.9 Å². The quantitative estimate of drug-likeness (QED) is 0.665. The molecule has 2 amide bonds. The first-order valence-corrected chi connectivity index (χ1v) is 10.7. The van der Waals surface area contributed by atoms with Crippen molar-refractivity contribution in [2.45, 2.75) is 6.42 Å². The minimum Gasteiger partial charge on any atom is -0.352 e. The van der Waals surface area contributed by atoms with Crippen LogP contribution in [0.1, 0.15) is 21.6 Å². The van der Waals surface area contributed by atoms with Gasteiger partial charge in [0, 0.05) is 43.3 Å². The first-order chi connectivity index (χ1) is 15.1. The van der Waals surface area contributed by atoms with Crippen LogP contribution in [0.3, 0.4) is 0 Å². The molecule has 0 bridgehead atoms. The van der Waals surface area contributed by atoms with Crippen molar-refractivity contribution in [3.05, 3.63) is 70.9 Å². The van der Waals surface area contributed by atoms with Crippen LogP contribution in [0.15, 0.2) is 54.0 Å². The second-order valence-corrected chi connectivity index (χ2v) is 7.85. The standard InChI is InChI=1S/C22H20N6O2S/c23-14-17-7-4-8-24-20(17)28-11-9-27(10-12-28)19(29)13-18-15-31-22(25-18)26-21(30)16-5-2-1-3-6-16/h1-8,15H,9-13H2,(H,25,26,30). The lowest BCUT2D eigenvalue weighted by atomic mass is 10.2. The number of rotatable bonds is 5. The number of hydrogen-bond donors (Lipinski definition) is 1. The molecule has 0 spiro atoms. The highest BCUT2D eigenvalue weighted by molar-refractivity contribution is 7.14. The predicted octanol–water partition coefficient (Wildman–Crippen LogP) is 2.55. The number of nitrogens with zero attached hydrogens (tertiary/aromatic N) is 5. The Labute approximate surface area is 183 Å². The number of thiazole rings is 1. The lowest BCUT2D eigenvalue weighted by Gasteiger charge is -2.35. The number of benzene rings is 1. The Kier molecular flexibility index (Phi) is 6.19. The fourth-order valence-electron chi connectivity index (χ4n) is 3.38. The maximum Gasteiger partial charge on any atom is 0.257 e. The first kappa shape index (κ1) is 20.5. The van der Waals surface area contributed by atoms with Crippen LogP contribution < -0.4 is 10.2 Å². The van der Waals surface area contributed by atoms with Crippen LogP contribution in [0.2, 0.25) is 0 Å². The lowest BCUT2D eigenvalue weighted by molar-refractivity contribution is -0.130. The summed E-state index contributed by atoms with van der Waals surface area (Å²) in [7, 11) is 0. The van der Waals surface area contributed by atoms with Crippen molar-refractivity contribution in [1.82, 2.24) is 14.9 Å². The monoisotopic (exact) mass is 432 g/mol. The van der Waals surface area contributed by atoms with Gasteiger partial charge in [-0.05, 0) is 24.3 Å². The second kappa shape index (κ2) is 9.36. The van der Waals surface area contributed by atoms with Crippen LogP contribution in [0.4, 0.5) is 10.9 Å². The first-order valence-electron chi connectivity index (χ1n) is 9.82. The number of carbonyl (C=O) groups is 2. The highest BCUT2D eigenvalue weighted by atomic mass is 32.1. The van der Waals surface area contributed by atoms with Gasteiger partial charge in [-0.25, -0.2) is 9.97 Å². The molecule has 1 aliphatic heterocycles. The molecule has 31 heavy (non-hydrogen) atoms. The van der Waals surface area contributed by atoms with Crippen molar-refractivity contribution >= 4 is 34.1 Å². The van der Waals surface area contributed by atoms with E-state index in [1.807, 2.05) is 11.0 Å². The van der Waals surface area contributed by atoms with E-state index in [-0.39, 0.29) is 18.2 Å². The summed E-state index contributed by atoms with van der Waals surface area (Å²) in [6, 6.07) is 14.6. The van der Waals surface area contributed by atoms with Crippen molar-refractivity contribution in [1.29, 1.82) is 5.26 Å². The maximum absolute atomic E-state index is 12.7. The van der Waals surface area contributed by atoms with Gasteiger partial charge in [0.25, 0.3) is 5.91 Å². The van der Waals surface area contributed by atoms with Gasteiger partial charge in [0.1, 0.15) is 11.9 Å². The number of hydrogen-bond acceptors (Lipinski definition) is 7. The summed E-state index contributed by atoms with van der Waals surface area (Å²) in [5, 5.41) is 14.3. The van der Waals surface area contributed by atoms with Gasteiger partial charge >= 0.3 is 0 Å². The molecular formula is C22H20N6O2S. The zero-order valence-electron chi connectivity index (χ0n) is 16.7. The molecule has 3 heterocycles. The van der Waals surface area contributed by atoms with E-state index in [0.717, 1.165) is 0 Å². The molecule has 0 radical (unpaired) electrons. The smallest absolute Gasteiger partial charge is 0.257 e. The molecule has 3 aromatic rings. The van der Waals surface area contributed by atoms with E-state index in [2.05, 4.69) is 21.4 Å². The summed E-state index contributed by atoms with van der Waals surface area (Å²) < 4.78 is 0. The molecule has 2 aromatic heterocycles. The van der Waals surface area contributed by atoms with Crippen molar-refractivity contribution in [3.8, 4) is 6.07 Å². The Balaban J connectivity index is 1.31. The number of anilines is 2. The highest BCUT2D eigenvalue weighted by Crippen LogP contribution is 2.20. The number of nitrogens with one attached hydrogen (secondary N) is 1. The Bertz CT molecular complexity index is 1120. The molecule has 1 saturated heterocycles. The van der Waals surface area contributed by atoms with Crippen molar-refractivity contribution in [2.75, 3.05) is 36.4 Å². The molecule has 9 heteroatoms. The number of aromatic nitrogens is 2. The largest absolute Gasteiger partial charge is 0.352 e. The topological polar surface area (TPSA) is 102 Å². The van der Waals surface area contributed by atoms with Gasteiger partial charge in [0.2, 0.25) is 5.91 Å². The molecule has 0 saturated carbocycles. The third-order valence-electron chi connectivity index (χ3n) is 4.98. The molecule has 1 fully saturated rings. The average Bonchev–Trinajstić information content (AvgIpc) is 3.26. The van der Waals surface area contributed by atoms with Crippen LogP contribution in [0, 0.1) is 11.3 Å². The van der Waals surface area contributed by atoms with Crippen LogP contribution in [-0.4, -0.2) is 52.9 Å². The van der Waals surface area contributed by atoms with Gasteiger partial charge in [-0.2, -0.15) is 5.26 Å². The highest BCUT2D eigenvalue weighted by Gasteiger charge is 2.24. The molecule has 0 unspecified atom stereocenters. The molecule has 8 nitrogen and oxygen atoms in total. The zero-order valence-corrected chi connectivity index (χ0v) is 17.5. The zero-order chi connectivity index (χ0) is 21.6. The number of pyridine rings is 1. The summed E-state index contributed by atoms with van der Waals surface area (Å²) in [6.45, 7) is 2.35. The fourth-order valence-corrected chi connectivity index (χ4v) is 4.08. The Hall–Kier alpha value is -3.77. The summed E-state index contributed by atoms with van der Waals surface area (Å²) in [5.74, 6) is 0.429. The lowest BCUT2D eigenvalue weighted by Crippen LogP contribution is -2.49. The van der Waals surface area contributed by atoms with Crippen LogP contribution in [-0.2, 0) is 11.2 Å². The fraction of sp³-hybridized carbons (Fsp3) is 0.227. The van der Waals surface area contributed by atoms with Gasteiger partial charge in [-0.15, -0.1) is 11.3 Å². The summed E-state index contributed by atoms with van der Waals surface area (Å²) in [4.78, 5) is 37.5. The molecule has 0 aliphatic carbocycles. The average molecular weight is 433 g/mol. The Morgan fingerprint density at radius 2 is 1.87 bits per heavy atom. The third kappa shape index (κ3) is 4.87. The second-order valence-electron chi connectivity index (χ2n) is 7.00. The van der Waals surface area contributed by atoms with E-state index < -0.39 is 0 Å². The van der Waals surface area contributed by atoms with Gasteiger partial charge in [-0.1, -0.05) is 18.2 Å². The third-order valence-corrected chi connectivity index (χ3v) is 5.79. The van der Waals surface area contributed by atoms with E-state index in [1.54, 1.807) is 52.9 Å². The molecule has 156 valence electrons. The number of amides is 2. The van der Waals surface area contributed by atoms with Gasteiger partial charge in [0.15, 0.2) is 5.13 Å². The van der Waals surface area contributed by atoms with Crippen molar-refractivity contribution < 1.29 is 9.59 Å². The molecule has 0 atom stereocenters. The maximum atomic E-state index is 12.7. The minimum absolute atomic E-state index is 0.00702. The van der Waals surface area contributed by atoms with E-state index in [1.165, 1.54) is 11.3 Å². The molecule has 1 aliphatic rings. The van der Waals surface area contributed by atoms with Crippen molar-refractivity contribution in [3.63, 3.8) is 0 Å². The summed E-state index contributed by atoms with van der Waals surface area (Å²) >= 11 is 1.30. The molecule has 1 aromatic carbocycles. The predicted molar refractivity (Wildman–Crippen MR) is 118 cm³/mol. The van der Waals surface area contributed by atoms with Crippen LogP contribution >= 0.6 is 11.3 Å². The Morgan fingerprint density at radius 1 is 1.10 bits per heavy atom.